The number of halogens is 1. The lowest BCUT2D eigenvalue weighted by molar-refractivity contribution is -0.384. The van der Waals surface area contributed by atoms with Crippen molar-refractivity contribution in [2.45, 2.75) is 0 Å². The van der Waals surface area contributed by atoms with Gasteiger partial charge in [0.25, 0.3) is 11.6 Å². The van der Waals surface area contributed by atoms with E-state index in [0.717, 1.165) is 0 Å². The van der Waals surface area contributed by atoms with Gasteiger partial charge in [-0.2, -0.15) is 0 Å². The number of methoxy groups -OCH3 is 1. The molecule has 0 radical (unpaired) electrons. The summed E-state index contributed by atoms with van der Waals surface area (Å²) in [6, 6.07) is 3.83. The number of ether oxygens (including phenoxy) is 1. The van der Waals surface area contributed by atoms with Crippen LogP contribution in [0.25, 0.3) is 0 Å². The van der Waals surface area contributed by atoms with E-state index in [-0.39, 0.29) is 29.4 Å². The summed E-state index contributed by atoms with van der Waals surface area (Å²) in [6.45, 7) is 0.591. The highest BCUT2D eigenvalue weighted by Crippen LogP contribution is 2.23. The van der Waals surface area contributed by atoms with E-state index in [4.69, 9.17) is 10.5 Å². The fraction of sp³-hybridized carbons (Fsp3) is 0.300. The van der Waals surface area contributed by atoms with Crippen molar-refractivity contribution in [3.63, 3.8) is 0 Å². The molecule has 8 heteroatoms. The van der Waals surface area contributed by atoms with Gasteiger partial charge in [0.2, 0.25) is 0 Å². The molecule has 1 rings (SSSR count). The molecule has 0 spiro atoms. The van der Waals surface area contributed by atoms with Gasteiger partial charge in [-0.3, -0.25) is 14.9 Å². The molecular formula is C10H14ClN3O4. The monoisotopic (exact) mass is 275 g/mol. The number of nitro benzene ring substituents is 1. The van der Waals surface area contributed by atoms with Gasteiger partial charge in [-0.1, -0.05) is 0 Å². The Morgan fingerprint density at radius 3 is 2.72 bits per heavy atom. The van der Waals surface area contributed by atoms with Gasteiger partial charge in [-0.15, -0.1) is 12.4 Å². The molecule has 1 aromatic rings. The number of nitrogens with one attached hydrogen (secondary N) is 1. The Labute approximate surface area is 110 Å². The minimum Gasteiger partial charge on any atom is -0.496 e. The zero-order valence-corrected chi connectivity index (χ0v) is 10.5. The molecule has 0 atom stereocenters. The van der Waals surface area contributed by atoms with Crippen LogP contribution in [-0.4, -0.2) is 31.0 Å². The third kappa shape index (κ3) is 3.86. The van der Waals surface area contributed by atoms with Crippen LogP contribution in [0.5, 0.6) is 5.75 Å². The Kier molecular flexibility index (Phi) is 6.69. The maximum Gasteiger partial charge on any atom is 0.270 e. The Bertz CT molecular complexity index is 439. The quantitative estimate of drug-likeness (QED) is 0.608. The van der Waals surface area contributed by atoms with Gasteiger partial charge in [0, 0.05) is 25.2 Å². The number of benzene rings is 1. The number of nitrogens with zero attached hydrogens (tertiary/aromatic N) is 1. The van der Waals surface area contributed by atoms with Crippen molar-refractivity contribution < 1.29 is 14.5 Å². The highest BCUT2D eigenvalue weighted by atomic mass is 35.5. The lowest BCUT2D eigenvalue weighted by Gasteiger charge is -2.08. The molecule has 3 N–H and O–H groups in total. The van der Waals surface area contributed by atoms with Crippen molar-refractivity contribution in [3.8, 4) is 5.75 Å². The van der Waals surface area contributed by atoms with Crippen LogP contribution in [0.15, 0.2) is 18.2 Å². The van der Waals surface area contributed by atoms with Gasteiger partial charge in [0.05, 0.1) is 17.6 Å². The summed E-state index contributed by atoms with van der Waals surface area (Å²) >= 11 is 0. The number of rotatable bonds is 5. The molecule has 0 aliphatic rings. The number of amides is 1. The highest BCUT2D eigenvalue weighted by molar-refractivity contribution is 5.97. The number of hydrogen-bond acceptors (Lipinski definition) is 5. The maximum absolute atomic E-state index is 11.7. The normalized spacial score (nSPS) is 9.22. The molecule has 18 heavy (non-hydrogen) atoms. The summed E-state index contributed by atoms with van der Waals surface area (Å²) in [5, 5.41) is 13.1. The predicted octanol–water partition coefficient (Wildman–Crippen LogP) is 0.714. The lowest BCUT2D eigenvalue weighted by Crippen LogP contribution is -2.29. The lowest BCUT2D eigenvalue weighted by atomic mass is 10.1. The van der Waals surface area contributed by atoms with Crippen LogP contribution in [0.4, 0.5) is 5.69 Å². The van der Waals surface area contributed by atoms with E-state index in [2.05, 4.69) is 5.32 Å². The molecule has 0 unspecified atom stereocenters. The van der Waals surface area contributed by atoms with Gasteiger partial charge < -0.3 is 15.8 Å². The largest absolute Gasteiger partial charge is 0.496 e. The number of hydrogen-bond donors (Lipinski definition) is 2. The third-order valence-electron chi connectivity index (χ3n) is 2.07. The molecule has 0 saturated heterocycles. The smallest absolute Gasteiger partial charge is 0.270 e. The predicted molar refractivity (Wildman–Crippen MR) is 68.3 cm³/mol. The van der Waals surface area contributed by atoms with E-state index >= 15 is 0 Å². The first-order valence-corrected chi connectivity index (χ1v) is 4.91. The van der Waals surface area contributed by atoms with Crippen molar-refractivity contribution in [1.82, 2.24) is 5.32 Å². The number of carbonyl (C=O) groups is 1. The average Bonchev–Trinajstić information content (AvgIpc) is 2.34. The first kappa shape index (κ1) is 16.1. The van der Waals surface area contributed by atoms with Crippen molar-refractivity contribution >= 4 is 24.0 Å². The first-order chi connectivity index (χ1) is 8.10. The summed E-state index contributed by atoms with van der Waals surface area (Å²) in [4.78, 5) is 21.7. The Balaban J connectivity index is 0.00000289. The number of nitro groups is 1. The summed E-state index contributed by atoms with van der Waals surface area (Å²) in [5.41, 5.74) is 5.21. The highest BCUT2D eigenvalue weighted by Gasteiger charge is 2.16. The standard InChI is InChI=1S/C10H13N3O4.ClH/c1-17-9-3-2-7(13(15)16)6-8(9)10(14)12-5-4-11;/h2-3,6H,4-5,11H2,1H3,(H,12,14);1H. The minimum atomic E-state index is -0.570. The summed E-state index contributed by atoms with van der Waals surface area (Å²) in [5.74, 6) is -0.166. The van der Waals surface area contributed by atoms with Crippen LogP contribution in [0, 0.1) is 10.1 Å². The molecule has 0 aliphatic carbocycles. The fourth-order valence-corrected chi connectivity index (χ4v) is 1.27. The van der Waals surface area contributed by atoms with E-state index in [1.165, 1.54) is 25.3 Å². The van der Waals surface area contributed by atoms with Crippen molar-refractivity contribution in [2.24, 2.45) is 5.73 Å². The molecule has 0 aliphatic heterocycles. The van der Waals surface area contributed by atoms with Gasteiger partial charge in [-0.05, 0) is 6.07 Å². The summed E-state index contributed by atoms with van der Waals surface area (Å²) in [7, 11) is 1.39. The summed E-state index contributed by atoms with van der Waals surface area (Å²) < 4.78 is 4.97. The van der Waals surface area contributed by atoms with E-state index < -0.39 is 10.8 Å². The van der Waals surface area contributed by atoms with Gasteiger partial charge >= 0.3 is 0 Å². The van der Waals surface area contributed by atoms with Crippen molar-refractivity contribution in [1.29, 1.82) is 0 Å². The van der Waals surface area contributed by atoms with Crippen LogP contribution in [0.2, 0.25) is 0 Å². The van der Waals surface area contributed by atoms with E-state index in [0.29, 0.717) is 13.1 Å². The summed E-state index contributed by atoms with van der Waals surface area (Å²) in [6.07, 6.45) is 0. The topological polar surface area (TPSA) is 107 Å². The zero-order valence-electron chi connectivity index (χ0n) is 9.71. The molecule has 1 amide bonds. The minimum absolute atomic E-state index is 0. The van der Waals surface area contributed by atoms with E-state index in [1.807, 2.05) is 0 Å². The second kappa shape index (κ2) is 7.46. The third-order valence-corrected chi connectivity index (χ3v) is 2.07. The average molecular weight is 276 g/mol. The Morgan fingerprint density at radius 2 is 2.22 bits per heavy atom. The van der Waals surface area contributed by atoms with E-state index in [9.17, 15) is 14.9 Å². The van der Waals surface area contributed by atoms with Crippen molar-refractivity contribution in [3.05, 3.63) is 33.9 Å². The molecule has 0 heterocycles. The number of non-ortho nitro benzene ring substituents is 1. The van der Waals surface area contributed by atoms with E-state index in [1.54, 1.807) is 0 Å². The zero-order chi connectivity index (χ0) is 12.8. The molecule has 100 valence electrons. The maximum atomic E-state index is 11.7. The van der Waals surface area contributed by atoms with Crippen LogP contribution in [0.3, 0.4) is 0 Å². The van der Waals surface area contributed by atoms with Gasteiger partial charge in [0.15, 0.2) is 0 Å². The van der Waals surface area contributed by atoms with Crippen LogP contribution in [-0.2, 0) is 0 Å². The molecule has 0 bridgehead atoms. The van der Waals surface area contributed by atoms with Gasteiger partial charge in [-0.25, -0.2) is 0 Å². The molecule has 0 fully saturated rings. The fourth-order valence-electron chi connectivity index (χ4n) is 1.27. The molecule has 7 nitrogen and oxygen atoms in total. The number of nitrogens with two attached hydrogens (primary N) is 1. The first-order valence-electron chi connectivity index (χ1n) is 4.91. The molecule has 0 saturated carbocycles. The number of carbonyl (C=O) groups excluding carboxylic acids is 1. The van der Waals surface area contributed by atoms with Crippen LogP contribution >= 0.6 is 12.4 Å². The van der Waals surface area contributed by atoms with Crippen LogP contribution in [0.1, 0.15) is 10.4 Å². The van der Waals surface area contributed by atoms with Crippen molar-refractivity contribution in [2.75, 3.05) is 20.2 Å². The molecule has 0 aromatic heterocycles. The Hall–Kier alpha value is -1.86. The van der Waals surface area contributed by atoms with Crippen LogP contribution < -0.4 is 15.8 Å². The SMILES string of the molecule is COc1ccc([N+](=O)[O-])cc1C(=O)NCCN.Cl. The second-order valence-corrected chi connectivity index (χ2v) is 3.19. The van der Waals surface area contributed by atoms with Gasteiger partial charge in [0.1, 0.15) is 5.75 Å². The Morgan fingerprint density at radius 1 is 1.56 bits per heavy atom. The molecule has 1 aromatic carbocycles. The second-order valence-electron chi connectivity index (χ2n) is 3.19. The molecular weight excluding hydrogens is 262 g/mol.